The number of halogens is 2. The quantitative estimate of drug-likeness (QED) is 0.810. The predicted molar refractivity (Wildman–Crippen MR) is 103 cm³/mol. The Bertz CT molecular complexity index is 790. The van der Waals surface area contributed by atoms with Crippen LogP contribution in [0.25, 0.3) is 0 Å². The lowest BCUT2D eigenvalue weighted by Gasteiger charge is -2.23. The maximum absolute atomic E-state index is 13.6. The molecule has 2 N–H and O–H groups in total. The number of rotatable bonds is 5. The second kappa shape index (κ2) is 9.14. The molecule has 1 aliphatic heterocycles. The molecule has 0 radical (unpaired) electrons. The first-order chi connectivity index (χ1) is 12.5. The predicted octanol–water partition coefficient (Wildman–Crippen LogP) is 3.11. The van der Waals surface area contributed by atoms with Crippen LogP contribution < -0.4 is 15.4 Å². The van der Waals surface area contributed by atoms with Crippen LogP contribution in [0, 0.1) is 12.7 Å². The highest BCUT2D eigenvalue weighted by molar-refractivity contribution is 6.04. The van der Waals surface area contributed by atoms with Gasteiger partial charge in [0, 0.05) is 6.07 Å². The van der Waals surface area contributed by atoms with Crippen molar-refractivity contribution in [3.63, 3.8) is 0 Å². The number of anilines is 1. The Morgan fingerprint density at radius 1 is 1.37 bits per heavy atom. The summed E-state index contributed by atoms with van der Waals surface area (Å²) in [5.74, 6) is -0.466. The van der Waals surface area contributed by atoms with Gasteiger partial charge >= 0.3 is 0 Å². The molecule has 7 nitrogen and oxygen atoms in total. The van der Waals surface area contributed by atoms with Gasteiger partial charge in [-0.2, -0.15) is 0 Å². The van der Waals surface area contributed by atoms with E-state index in [1.54, 1.807) is 0 Å². The molecule has 3 rings (SSSR count). The molecule has 1 fully saturated rings. The molecule has 0 spiro atoms. The number of hydrogen-bond acceptors (Lipinski definition) is 5. The molecule has 1 saturated heterocycles. The third-order valence-corrected chi connectivity index (χ3v) is 4.35. The van der Waals surface area contributed by atoms with E-state index in [9.17, 15) is 9.18 Å². The summed E-state index contributed by atoms with van der Waals surface area (Å²) in [6.07, 6.45) is 1.79. The van der Waals surface area contributed by atoms with Crippen molar-refractivity contribution in [1.29, 1.82) is 0 Å². The van der Waals surface area contributed by atoms with Crippen LogP contribution in [0.3, 0.4) is 0 Å². The Morgan fingerprint density at radius 2 is 2.07 bits per heavy atom. The highest BCUT2D eigenvalue weighted by Crippen LogP contribution is 2.27. The van der Waals surface area contributed by atoms with E-state index in [0.717, 1.165) is 25.9 Å². The van der Waals surface area contributed by atoms with Gasteiger partial charge in [-0.1, -0.05) is 5.21 Å². The van der Waals surface area contributed by atoms with Crippen LogP contribution in [0.1, 0.15) is 48.9 Å². The SMILES string of the molecule is Cc1c(C(=O)Nc2cc(F)ccc2OC(C)C)nnn1C1CCNCC1.Cl. The summed E-state index contributed by atoms with van der Waals surface area (Å²) in [6, 6.07) is 4.28. The van der Waals surface area contributed by atoms with Crippen LogP contribution in [0.2, 0.25) is 0 Å². The highest BCUT2D eigenvalue weighted by atomic mass is 35.5. The first-order valence-electron chi connectivity index (χ1n) is 8.85. The molecule has 1 amide bonds. The van der Waals surface area contributed by atoms with Gasteiger partial charge in [0.1, 0.15) is 11.6 Å². The van der Waals surface area contributed by atoms with E-state index < -0.39 is 11.7 Å². The molecule has 2 aromatic rings. The Morgan fingerprint density at radius 3 is 2.74 bits per heavy atom. The minimum atomic E-state index is -0.452. The van der Waals surface area contributed by atoms with Crippen molar-refractivity contribution in [3.8, 4) is 5.75 Å². The molecule has 2 heterocycles. The van der Waals surface area contributed by atoms with E-state index in [-0.39, 0.29) is 35.9 Å². The number of ether oxygens (including phenoxy) is 1. The van der Waals surface area contributed by atoms with Gasteiger partial charge in [0.25, 0.3) is 5.91 Å². The van der Waals surface area contributed by atoms with Gasteiger partial charge in [-0.3, -0.25) is 4.79 Å². The Labute approximate surface area is 164 Å². The molecule has 1 aliphatic rings. The van der Waals surface area contributed by atoms with Crippen molar-refractivity contribution in [3.05, 3.63) is 35.4 Å². The van der Waals surface area contributed by atoms with E-state index in [4.69, 9.17) is 4.74 Å². The van der Waals surface area contributed by atoms with Crippen molar-refractivity contribution in [2.24, 2.45) is 0 Å². The normalized spacial score (nSPS) is 14.7. The second-order valence-corrected chi connectivity index (χ2v) is 6.71. The zero-order chi connectivity index (χ0) is 18.7. The molecule has 0 bridgehead atoms. The minimum Gasteiger partial charge on any atom is -0.489 e. The highest BCUT2D eigenvalue weighted by Gasteiger charge is 2.23. The van der Waals surface area contributed by atoms with Crippen molar-refractivity contribution in [2.45, 2.75) is 45.8 Å². The zero-order valence-electron chi connectivity index (χ0n) is 15.7. The average molecular weight is 398 g/mol. The molecule has 148 valence electrons. The molecule has 1 aromatic carbocycles. The van der Waals surface area contributed by atoms with Gasteiger partial charge in [0.15, 0.2) is 5.69 Å². The molecule has 1 aromatic heterocycles. The topological polar surface area (TPSA) is 81.1 Å². The second-order valence-electron chi connectivity index (χ2n) is 6.71. The van der Waals surface area contributed by atoms with Gasteiger partial charge in [0.05, 0.1) is 23.5 Å². The van der Waals surface area contributed by atoms with E-state index >= 15 is 0 Å². The lowest BCUT2D eigenvalue weighted by molar-refractivity contribution is 0.102. The number of piperidine rings is 1. The summed E-state index contributed by atoms with van der Waals surface area (Å²) in [5, 5.41) is 14.2. The number of carbonyl (C=O) groups is 1. The molecule has 0 unspecified atom stereocenters. The maximum Gasteiger partial charge on any atom is 0.278 e. The molecule has 27 heavy (non-hydrogen) atoms. The van der Waals surface area contributed by atoms with Crippen molar-refractivity contribution >= 4 is 24.0 Å². The average Bonchev–Trinajstić information content (AvgIpc) is 2.99. The Hall–Kier alpha value is -2.19. The van der Waals surface area contributed by atoms with Crippen molar-refractivity contribution < 1.29 is 13.9 Å². The van der Waals surface area contributed by atoms with Crippen LogP contribution in [-0.2, 0) is 0 Å². The number of hydrogen-bond donors (Lipinski definition) is 2. The number of carbonyl (C=O) groups excluding carboxylic acids is 1. The Kier molecular flexibility index (Phi) is 7.15. The van der Waals surface area contributed by atoms with E-state index in [2.05, 4.69) is 20.9 Å². The first-order valence-corrected chi connectivity index (χ1v) is 8.85. The molecule has 9 heteroatoms. The van der Waals surface area contributed by atoms with Gasteiger partial charge in [-0.05, 0) is 58.8 Å². The lowest BCUT2D eigenvalue weighted by Crippen LogP contribution is -2.30. The third-order valence-electron chi connectivity index (χ3n) is 4.35. The van der Waals surface area contributed by atoms with Crippen LogP contribution in [0.4, 0.5) is 10.1 Å². The smallest absolute Gasteiger partial charge is 0.278 e. The van der Waals surface area contributed by atoms with E-state index in [1.807, 2.05) is 25.5 Å². The summed E-state index contributed by atoms with van der Waals surface area (Å²) in [4.78, 5) is 12.7. The molecular formula is C18H25ClFN5O2. The number of aromatic nitrogens is 3. The third kappa shape index (κ3) is 4.95. The van der Waals surface area contributed by atoms with Gasteiger partial charge in [-0.25, -0.2) is 9.07 Å². The molecule has 0 atom stereocenters. The number of amides is 1. The van der Waals surface area contributed by atoms with Crippen LogP contribution >= 0.6 is 12.4 Å². The first kappa shape index (κ1) is 21.1. The molecule has 0 aliphatic carbocycles. The summed E-state index contributed by atoms with van der Waals surface area (Å²) in [5.41, 5.74) is 1.22. The largest absolute Gasteiger partial charge is 0.489 e. The summed E-state index contributed by atoms with van der Waals surface area (Å²) >= 11 is 0. The van der Waals surface area contributed by atoms with Gasteiger partial charge in [-0.15, -0.1) is 17.5 Å². The summed E-state index contributed by atoms with van der Waals surface area (Å²) < 4.78 is 21.1. The summed E-state index contributed by atoms with van der Waals surface area (Å²) in [6.45, 7) is 7.40. The molecular weight excluding hydrogens is 373 g/mol. The van der Waals surface area contributed by atoms with Crippen LogP contribution in [0.5, 0.6) is 5.75 Å². The minimum absolute atomic E-state index is 0. The maximum atomic E-state index is 13.6. The van der Waals surface area contributed by atoms with Crippen molar-refractivity contribution in [1.82, 2.24) is 20.3 Å². The Balaban J connectivity index is 0.00000261. The van der Waals surface area contributed by atoms with E-state index in [0.29, 0.717) is 11.4 Å². The zero-order valence-corrected chi connectivity index (χ0v) is 16.5. The van der Waals surface area contributed by atoms with E-state index in [1.165, 1.54) is 18.2 Å². The van der Waals surface area contributed by atoms with Crippen molar-refractivity contribution in [2.75, 3.05) is 18.4 Å². The molecule has 0 saturated carbocycles. The standard InChI is InChI=1S/C18H24FN5O2.ClH/c1-11(2)26-16-5-4-13(19)10-15(16)21-18(25)17-12(3)24(23-22-17)14-6-8-20-9-7-14;/h4-5,10-11,14,20H,6-9H2,1-3H3,(H,21,25);1H. The van der Waals surface area contributed by atoms with Gasteiger partial charge < -0.3 is 15.4 Å². The van der Waals surface area contributed by atoms with Crippen LogP contribution in [0.15, 0.2) is 18.2 Å². The fraction of sp³-hybridized carbons (Fsp3) is 0.500. The monoisotopic (exact) mass is 397 g/mol. The fourth-order valence-electron chi connectivity index (χ4n) is 3.09. The number of benzene rings is 1. The van der Waals surface area contributed by atoms with Crippen LogP contribution in [-0.4, -0.2) is 40.1 Å². The lowest BCUT2D eigenvalue weighted by atomic mass is 10.1. The van der Waals surface area contributed by atoms with Gasteiger partial charge in [0.2, 0.25) is 0 Å². The number of nitrogens with one attached hydrogen (secondary N) is 2. The number of nitrogens with zero attached hydrogens (tertiary/aromatic N) is 3. The fourth-order valence-corrected chi connectivity index (χ4v) is 3.09. The summed E-state index contributed by atoms with van der Waals surface area (Å²) in [7, 11) is 0.